The minimum Gasteiger partial charge on any atom is -0.316 e. The maximum Gasteiger partial charge on any atom is 0.0248 e. The second kappa shape index (κ2) is 7.00. The van der Waals surface area contributed by atoms with E-state index >= 15 is 0 Å². The van der Waals surface area contributed by atoms with Crippen molar-refractivity contribution in [2.75, 3.05) is 7.05 Å². The van der Waals surface area contributed by atoms with E-state index in [0.717, 1.165) is 5.25 Å². The third-order valence-corrected chi connectivity index (χ3v) is 5.74. The van der Waals surface area contributed by atoms with Crippen LogP contribution < -0.4 is 5.32 Å². The molecule has 2 unspecified atom stereocenters. The fourth-order valence-corrected chi connectivity index (χ4v) is 4.32. The van der Waals surface area contributed by atoms with Crippen LogP contribution in [0.1, 0.15) is 58.4 Å². The summed E-state index contributed by atoms with van der Waals surface area (Å²) < 4.78 is 0. The minimum absolute atomic E-state index is 0.249. The highest BCUT2D eigenvalue weighted by molar-refractivity contribution is 8.00. The summed E-state index contributed by atoms with van der Waals surface area (Å²) in [7, 11) is 2.12. The van der Waals surface area contributed by atoms with Gasteiger partial charge >= 0.3 is 0 Å². The summed E-state index contributed by atoms with van der Waals surface area (Å²) in [6.07, 6.45) is 6.84. The molecule has 112 valence electrons. The van der Waals surface area contributed by atoms with Crippen LogP contribution in [0.2, 0.25) is 0 Å². The van der Waals surface area contributed by atoms with Crippen LogP contribution in [-0.4, -0.2) is 18.3 Å². The number of thioether (sulfide) groups is 1. The number of nitrogens with one attached hydrogen (secondary N) is 1. The minimum atomic E-state index is 0.249. The van der Waals surface area contributed by atoms with E-state index < -0.39 is 0 Å². The second-order valence-electron chi connectivity index (χ2n) is 6.96. The molecule has 1 N–H and O–H groups in total. The Morgan fingerprint density at radius 3 is 2.25 bits per heavy atom. The topological polar surface area (TPSA) is 12.0 Å². The Morgan fingerprint density at radius 1 is 1.00 bits per heavy atom. The molecular formula is C18H29NS. The second-order valence-corrected chi connectivity index (χ2v) is 8.28. The lowest BCUT2D eigenvalue weighted by atomic mass is 9.87. The molecule has 2 heteroatoms. The molecule has 0 saturated heterocycles. The molecule has 1 nitrogen and oxygen atoms in total. The van der Waals surface area contributed by atoms with Crippen LogP contribution in [0.25, 0.3) is 0 Å². The van der Waals surface area contributed by atoms with Gasteiger partial charge in [0, 0.05) is 16.2 Å². The van der Waals surface area contributed by atoms with E-state index in [2.05, 4.69) is 69.2 Å². The predicted molar refractivity (Wildman–Crippen MR) is 90.7 cm³/mol. The third kappa shape index (κ3) is 4.26. The zero-order chi connectivity index (χ0) is 14.6. The van der Waals surface area contributed by atoms with Crippen LogP contribution in [0.15, 0.2) is 29.2 Å². The third-order valence-electron chi connectivity index (χ3n) is 4.33. The molecule has 0 heterocycles. The molecule has 1 aromatic rings. The van der Waals surface area contributed by atoms with Crippen molar-refractivity contribution in [1.82, 2.24) is 5.32 Å². The highest BCUT2D eigenvalue weighted by Crippen LogP contribution is 2.34. The molecule has 2 rings (SSSR count). The normalized spacial score (nSPS) is 24.4. The molecule has 0 aliphatic heterocycles. The number of benzene rings is 1. The van der Waals surface area contributed by atoms with Crippen molar-refractivity contribution in [2.24, 2.45) is 0 Å². The first-order valence-electron chi connectivity index (χ1n) is 7.95. The van der Waals surface area contributed by atoms with Gasteiger partial charge in [0.25, 0.3) is 0 Å². The van der Waals surface area contributed by atoms with Gasteiger partial charge in [-0.2, -0.15) is 0 Å². The summed E-state index contributed by atoms with van der Waals surface area (Å²) in [5.41, 5.74) is 1.67. The lowest BCUT2D eigenvalue weighted by Gasteiger charge is -2.25. The Hall–Kier alpha value is -0.470. The molecule has 1 aromatic carbocycles. The molecule has 1 fully saturated rings. The fraction of sp³-hybridized carbons (Fsp3) is 0.667. The van der Waals surface area contributed by atoms with Crippen molar-refractivity contribution in [3.8, 4) is 0 Å². The summed E-state index contributed by atoms with van der Waals surface area (Å²) >= 11 is 2.07. The average Bonchev–Trinajstić information content (AvgIpc) is 2.63. The Balaban J connectivity index is 2.04. The van der Waals surface area contributed by atoms with Gasteiger partial charge in [-0.05, 0) is 43.0 Å². The quantitative estimate of drug-likeness (QED) is 0.787. The maximum absolute atomic E-state index is 3.53. The lowest BCUT2D eigenvalue weighted by Crippen LogP contribution is -2.34. The summed E-state index contributed by atoms with van der Waals surface area (Å²) in [6.45, 7) is 6.83. The van der Waals surface area contributed by atoms with Gasteiger partial charge < -0.3 is 5.32 Å². The zero-order valence-corrected chi connectivity index (χ0v) is 14.2. The largest absolute Gasteiger partial charge is 0.316 e. The van der Waals surface area contributed by atoms with E-state index in [4.69, 9.17) is 0 Å². The van der Waals surface area contributed by atoms with E-state index in [1.165, 1.54) is 42.6 Å². The Bertz CT molecular complexity index is 404. The number of rotatable bonds is 3. The van der Waals surface area contributed by atoms with Crippen molar-refractivity contribution in [3.05, 3.63) is 29.8 Å². The van der Waals surface area contributed by atoms with E-state index in [0.29, 0.717) is 6.04 Å². The summed E-state index contributed by atoms with van der Waals surface area (Å²) in [5.74, 6) is 0. The highest BCUT2D eigenvalue weighted by Gasteiger charge is 2.23. The van der Waals surface area contributed by atoms with Gasteiger partial charge in [-0.1, -0.05) is 52.2 Å². The van der Waals surface area contributed by atoms with Crippen LogP contribution >= 0.6 is 11.8 Å². The molecule has 0 bridgehead atoms. The molecule has 1 aliphatic rings. The maximum atomic E-state index is 3.53. The van der Waals surface area contributed by atoms with Crippen molar-refractivity contribution >= 4 is 11.8 Å². The van der Waals surface area contributed by atoms with Crippen molar-refractivity contribution < 1.29 is 0 Å². The van der Waals surface area contributed by atoms with Crippen molar-refractivity contribution in [2.45, 2.75) is 74.5 Å². The van der Waals surface area contributed by atoms with Crippen molar-refractivity contribution in [1.29, 1.82) is 0 Å². The lowest BCUT2D eigenvalue weighted by molar-refractivity contribution is 0.510. The number of hydrogen-bond donors (Lipinski definition) is 1. The number of hydrogen-bond acceptors (Lipinski definition) is 2. The Labute approximate surface area is 128 Å². The first-order valence-corrected chi connectivity index (χ1v) is 8.83. The van der Waals surface area contributed by atoms with Gasteiger partial charge in [-0.3, -0.25) is 0 Å². The van der Waals surface area contributed by atoms with Gasteiger partial charge in [-0.25, -0.2) is 0 Å². The average molecular weight is 292 g/mol. The van der Waals surface area contributed by atoms with Crippen LogP contribution in [0.4, 0.5) is 0 Å². The van der Waals surface area contributed by atoms with Gasteiger partial charge in [0.05, 0.1) is 0 Å². The van der Waals surface area contributed by atoms with Crippen LogP contribution in [-0.2, 0) is 5.41 Å². The zero-order valence-electron chi connectivity index (χ0n) is 13.4. The molecule has 2 atom stereocenters. The van der Waals surface area contributed by atoms with Crippen LogP contribution in [0.5, 0.6) is 0 Å². The van der Waals surface area contributed by atoms with E-state index in [1.54, 1.807) is 0 Å². The standard InChI is InChI=1S/C18H29NS/c1-18(2,3)14-10-12-15(13-11-14)20-17-9-7-5-6-8-16(17)19-4/h10-13,16-17,19H,5-9H2,1-4H3. The molecule has 1 aliphatic carbocycles. The van der Waals surface area contributed by atoms with Crippen LogP contribution in [0.3, 0.4) is 0 Å². The van der Waals surface area contributed by atoms with Gasteiger partial charge in [0.15, 0.2) is 0 Å². The summed E-state index contributed by atoms with van der Waals surface area (Å²) in [6, 6.07) is 9.89. The predicted octanol–water partition coefficient (Wildman–Crippen LogP) is 5.00. The van der Waals surface area contributed by atoms with Gasteiger partial charge in [0.1, 0.15) is 0 Å². The molecule has 0 spiro atoms. The monoisotopic (exact) mass is 291 g/mol. The molecule has 0 radical (unpaired) electrons. The molecular weight excluding hydrogens is 262 g/mol. The van der Waals surface area contributed by atoms with Crippen molar-refractivity contribution in [3.63, 3.8) is 0 Å². The molecule has 0 aromatic heterocycles. The Morgan fingerprint density at radius 2 is 1.65 bits per heavy atom. The summed E-state index contributed by atoms with van der Waals surface area (Å²) in [4.78, 5) is 1.42. The molecule has 0 amide bonds. The molecule has 20 heavy (non-hydrogen) atoms. The van der Waals surface area contributed by atoms with E-state index in [9.17, 15) is 0 Å². The Kier molecular flexibility index (Phi) is 5.57. The van der Waals surface area contributed by atoms with E-state index in [-0.39, 0.29) is 5.41 Å². The smallest absolute Gasteiger partial charge is 0.0248 e. The van der Waals surface area contributed by atoms with E-state index in [1.807, 2.05) is 0 Å². The fourth-order valence-electron chi connectivity index (χ4n) is 2.95. The van der Waals surface area contributed by atoms with Gasteiger partial charge in [-0.15, -0.1) is 11.8 Å². The molecule has 1 saturated carbocycles. The summed E-state index contributed by atoms with van der Waals surface area (Å²) in [5, 5.41) is 4.25. The van der Waals surface area contributed by atoms with Crippen LogP contribution in [0, 0.1) is 0 Å². The highest BCUT2D eigenvalue weighted by atomic mass is 32.2. The first kappa shape index (κ1) is 15.9. The first-order chi connectivity index (χ1) is 9.50. The van der Waals surface area contributed by atoms with Gasteiger partial charge in [0.2, 0.25) is 0 Å². The SMILES string of the molecule is CNC1CCCCCC1Sc1ccc(C(C)(C)C)cc1.